The Hall–Kier alpha value is -2.16. The van der Waals surface area contributed by atoms with E-state index in [1.807, 2.05) is 0 Å². The first-order chi connectivity index (χ1) is 14.3. The highest BCUT2D eigenvalue weighted by atomic mass is 16.7. The van der Waals surface area contributed by atoms with Crippen LogP contribution in [0.1, 0.15) is 62.3 Å². The average Bonchev–Trinajstić information content (AvgIpc) is 2.66. The third-order valence-electron chi connectivity index (χ3n) is 4.60. The second-order valence-electron chi connectivity index (χ2n) is 8.97. The molecule has 31 heavy (non-hydrogen) atoms. The maximum Gasteiger partial charge on any atom is 0.310 e. The van der Waals surface area contributed by atoms with Crippen LogP contribution in [0.2, 0.25) is 0 Å². The van der Waals surface area contributed by atoms with E-state index in [0.717, 1.165) is 0 Å². The monoisotopic (exact) mass is 444 g/mol. The molecule has 1 aliphatic heterocycles. The summed E-state index contributed by atoms with van der Waals surface area (Å²) in [5.74, 6) is -4.18. The van der Waals surface area contributed by atoms with Gasteiger partial charge in [-0.3, -0.25) is 19.2 Å². The van der Waals surface area contributed by atoms with Crippen LogP contribution in [0.3, 0.4) is 0 Å². The molecule has 1 heterocycles. The van der Waals surface area contributed by atoms with Gasteiger partial charge in [-0.15, -0.1) is 0 Å². The van der Waals surface area contributed by atoms with Crippen molar-refractivity contribution in [3.63, 3.8) is 0 Å². The van der Waals surface area contributed by atoms with Gasteiger partial charge in [0.2, 0.25) is 12.4 Å². The molecule has 0 spiro atoms. The van der Waals surface area contributed by atoms with Crippen LogP contribution in [-0.4, -0.2) is 54.6 Å². The topological polar surface area (TPSA) is 114 Å². The Bertz CT molecular complexity index is 653. The van der Waals surface area contributed by atoms with Gasteiger partial charge in [-0.2, -0.15) is 0 Å². The minimum Gasteiger partial charge on any atom is -0.455 e. The third-order valence-corrected chi connectivity index (χ3v) is 4.60. The second kappa shape index (κ2) is 11.5. The molecule has 0 aromatic rings. The lowest BCUT2D eigenvalue weighted by Gasteiger charge is -2.43. The number of ether oxygens (including phenoxy) is 5. The molecule has 1 aliphatic rings. The summed E-state index contributed by atoms with van der Waals surface area (Å²) in [5, 5.41) is 0. The molecule has 0 amide bonds. The number of hydrogen-bond donors (Lipinski definition) is 0. The lowest BCUT2D eigenvalue weighted by molar-refractivity contribution is -0.296. The van der Waals surface area contributed by atoms with Crippen LogP contribution in [0.15, 0.2) is 0 Å². The van der Waals surface area contributed by atoms with Gasteiger partial charge in [0, 0.05) is 0 Å². The van der Waals surface area contributed by atoms with E-state index < -0.39 is 78.3 Å². The Morgan fingerprint density at radius 3 is 1.26 bits per heavy atom. The number of carbonyl (C=O) groups is 4. The van der Waals surface area contributed by atoms with Gasteiger partial charge in [-0.05, 0) is 6.92 Å². The molecule has 0 aliphatic carbocycles. The van der Waals surface area contributed by atoms with Crippen molar-refractivity contribution in [2.24, 2.45) is 23.7 Å². The molecule has 9 nitrogen and oxygen atoms in total. The lowest BCUT2D eigenvalue weighted by Crippen LogP contribution is -2.62. The SMILES string of the molecule is CC(C)C(=O)O[C@@H]1O[C@@H](C)[C@@H](OC(=O)C(C)C)[C@@H](OC(=O)C(C)C)[C@@H]1OC(=O)C(C)C. The van der Waals surface area contributed by atoms with E-state index >= 15 is 0 Å². The van der Waals surface area contributed by atoms with Crippen LogP contribution >= 0.6 is 0 Å². The predicted molar refractivity (Wildman–Crippen MR) is 109 cm³/mol. The van der Waals surface area contributed by atoms with Gasteiger partial charge < -0.3 is 23.7 Å². The van der Waals surface area contributed by atoms with Crippen molar-refractivity contribution in [3.05, 3.63) is 0 Å². The smallest absolute Gasteiger partial charge is 0.310 e. The van der Waals surface area contributed by atoms with E-state index in [9.17, 15) is 19.2 Å². The first-order valence-electron chi connectivity index (χ1n) is 10.7. The molecule has 0 radical (unpaired) electrons. The van der Waals surface area contributed by atoms with E-state index in [2.05, 4.69) is 0 Å². The summed E-state index contributed by atoms with van der Waals surface area (Å²) in [6.07, 6.45) is -5.70. The van der Waals surface area contributed by atoms with Gasteiger partial charge in [0.05, 0.1) is 29.8 Å². The van der Waals surface area contributed by atoms with E-state index in [4.69, 9.17) is 23.7 Å². The highest BCUT2D eigenvalue weighted by Crippen LogP contribution is 2.31. The summed E-state index contributed by atoms with van der Waals surface area (Å²) in [5.41, 5.74) is 0. The van der Waals surface area contributed by atoms with Crippen molar-refractivity contribution < 1.29 is 42.9 Å². The van der Waals surface area contributed by atoms with Crippen LogP contribution in [0.25, 0.3) is 0 Å². The minimum atomic E-state index is -1.33. The summed E-state index contributed by atoms with van der Waals surface area (Å²) in [4.78, 5) is 49.4. The van der Waals surface area contributed by atoms with Gasteiger partial charge in [0.25, 0.3) is 0 Å². The molecule has 178 valence electrons. The van der Waals surface area contributed by atoms with Crippen LogP contribution in [0.5, 0.6) is 0 Å². The molecule has 0 aromatic heterocycles. The Labute approximate surface area is 184 Å². The van der Waals surface area contributed by atoms with Crippen molar-refractivity contribution in [1.29, 1.82) is 0 Å². The van der Waals surface area contributed by atoms with Gasteiger partial charge in [-0.1, -0.05) is 55.4 Å². The van der Waals surface area contributed by atoms with Crippen molar-refractivity contribution in [3.8, 4) is 0 Å². The van der Waals surface area contributed by atoms with Crippen LogP contribution in [-0.2, 0) is 42.9 Å². The molecular weight excluding hydrogens is 408 g/mol. The normalized spacial score (nSPS) is 26.2. The Kier molecular flexibility index (Phi) is 9.93. The van der Waals surface area contributed by atoms with E-state index in [1.54, 1.807) is 62.3 Å². The zero-order chi connectivity index (χ0) is 24.0. The standard InChI is InChI=1S/C22H36O9/c1-10(2)18(23)28-15-14(9)27-22(31-21(26)13(7)8)17(30-20(25)12(5)6)16(15)29-19(24)11(3)4/h10-17,22H,1-9H3/t14-,15+,16+,17-,22-/m0/s1. The zero-order valence-corrected chi connectivity index (χ0v) is 19.9. The van der Waals surface area contributed by atoms with Crippen LogP contribution < -0.4 is 0 Å². The quantitative estimate of drug-likeness (QED) is 0.411. The summed E-state index contributed by atoms with van der Waals surface area (Å²) in [6, 6.07) is 0. The first kappa shape index (κ1) is 26.9. The first-order valence-corrected chi connectivity index (χ1v) is 10.7. The van der Waals surface area contributed by atoms with Crippen molar-refractivity contribution in [2.75, 3.05) is 0 Å². The second-order valence-corrected chi connectivity index (χ2v) is 8.97. The molecule has 1 saturated heterocycles. The van der Waals surface area contributed by atoms with Gasteiger partial charge >= 0.3 is 23.9 Å². The van der Waals surface area contributed by atoms with E-state index in [1.165, 1.54) is 0 Å². The number of hydrogen-bond acceptors (Lipinski definition) is 9. The molecule has 1 rings (SSSR count). The average molecular weight is 445 g/mol. The van der Waals surface area contributed by atoms with Gasteiger partial charge in [0.15, 0.2) is 12.2 Å². The lowest BCUT2D eigenvalue weighted by atomic mass is 9.98. The van der Waals surface area contributed by atoms with Crippen molar-refractivity contribution in [1.82, 2.24) is 0 Å². The summed E-state index contributed by atoms with van der Waals surface area (Å²) in [6.45, 7) is 14.8. The minimum absolute atomic E-state index is 0.443. The van der Waals surface area contributed by atoms with Gasteiger partial charge in [0.1, 0.15) is 0 Å². The molecular formula is C22H36O9. The molecule has 0 saturated carbocycles. The number of carbonyl (C=O) groups excluding carboxylic acids is 4. The largest absolute Gasteiger partial charge is 0.455 e. The van der Waals surface area contributed by atoms with E-state index in [0.29, 0.717) is 0 Å². The predicted octanol–water partition coefficient (Wildman–Crippen LogP) is 2.63. The van der Waals surface area contributed by atoms with Crippen LogP contribution in [0, 0.1) is 23.7 Å². The molecule has 1 fully saturated rings. The molecule has 5 atom stereocenters. The molecule has 0 unspecified atom stereocenters. The number of esters is 4. The third kappa shape index (κ3) is 7.48. The molecule has 0 bridgehead atoms. The van der Waals surface area contributed by atoms with E-state index in [-0.39, 0.29) is 0 Å². The fourth-order valence-electron chi connectivity index (χ4n) is 2.55. The summed E-state index contributed by atoms with van der Waals surface area (Å²) >= 11 is 0. The van der Waals surface area contributed by atoms with Crippen LogP contribution in [0.4, 0.5) is 0 Å². The highest BCUT2D eigenvalue weighted by molar-refractivity contribution is 5.74. The summed E-state index contributed by atoms with van der Waals surface area (Å²) < 4.78 is 27.9. The zero-order valence-electron chi connectivity index (χ0n) is 19.9. The van der Waals surface area contributed by atoms with Crippen molar-refractivity contribution in [2.45, 2.75) is 93.0 Å². The Morgan fingerprint density at radius 1 is 0.548 bits per heavy atom. The van der Waals surface area contributed by atoms with Gasteiger partial charge in [-0.25, -0.2) is 0 Å². The fraction of sp³-hybridized carbons (Fsp3) is 0.818. The highest BCUT2D eigenvalue weighted by Gasteiger charge is 2.53. The maximum atomic E-state index is 12.4. The fourth-order valence-corrected chi connectivity index (χ4v) is 2.55. The molecule has 0 aromatic carbocycles. The maximum absolute atomic E-state index is 12.4. The number of rotatable bonds is 8. The Morgan fingerprint density at radius 2 is 0.871 bits per heavy atom. The molecule has 0 N–H and O–H groups in total. The Balaban J connectivity index is 3.37. The van der Waals surface area contributed by atoms with Crippen molar-refractivity contribution >= 4 is 23.9 Å². The summed E-state index contributed by atoms with van der Waals surface area (Å²) in [7, 11) is 0. The molecule has 9 heteroatoms.